The Morgan fingerprint density at radius 1 is 0.870 bits per heavy atom. The molecule has 0 N–H and O–H groups in total. The van der Waals surface area contributed by atoms with E-state index in [4.69, 9.17) is 0 Å². The van der Waals surface area contributed by atoms with E-state index in [1.165, 1.54) is 4.57 Å². The molecule has 23 heavy (non-hydrogen) atoms. The Balaban J connectivity index is 2.07. The highest BCUT2D eigenvalue weighted by atomic mass is 19.1. The molecule has 3 nitrogen and oxygen atoms in total. The fourth-order valence-electron chi connectivity index (χ4n) is 2.63. The average molecular weight is 308 g/mol. The summed E-state index contributed by atoms with van der Waals surface area (Å²) < 4.78 is 14.5. The van der Waals surface area contributed by atoms with Crippen LogP contribution in [-0.2, 0) is 6.54 Å². The van der Waals surface area contributed by atoms with Crippen LogP contribution in [0.1, 0.15) is 20.8 Å². The third-order valence-electron chi connectivity index (χ3n) is 3.73. The second-order valence-electron chi connectivity index (χ2n) is 5.23. The van der Waals surface area contributed by atoms with Gasteiger partial charge in [0.05, 0.1) is 5.39 Å². The number of hydrogen-bond donors (Lipinski definition) is 0. The van der Waals surface area contributed by atoms with Crippen LogP contribution in [0.15, 0.2) is 66.9 Å². The number of carbonyl (C=O) groups is 2. The van der Waals surface area contributed by atoms with Gasteiger partial charge in [0.25, 0.3) is 11.5 Å². The zero-order chi connectivity index (χ0) is 16.2. The van der Waals surface area contributed by atoms with Crippen LogP contribution in [0.2, 0.25) is 0 Å². The highest BCUT2D eigenvalue weighted by molar-refractivity contribution is 6.05. The number of aromatic nitrogens is 1. The molecule has 0 aliphatic rings. The number of Topliss-reactive ketones (excluding diaryl/α,β-unsaturated/α-hetero) is 2. The highest BCUT2D eigenvalue weighted by Gasteiger charge is 2.25. The lowest BCUT2D eigenvalue weighted by Gasteiger charge is -2.05. The fraction of sp³-hybridized carbons (Fsp3) is 0.105. The van der Waals surface area contributed by atoms with Gasteiger partial charge in [-0.15, -0.1) is 0 Å². The van der Waals surface area contributed by atoms with Crippen LogP contribution in [0.3, 0.4) is 0 Å². The molecule has 1 heterocycles. The molecule has 114 valence electrons. The van der Waals surface area contributed by atoms with Crippen molar-refractivity contribution in [3.63, 3.8) is 0 Å². The minimum Gasteiger partial charge on any atom is -0.287 e. The van der Waals surface area contributed by atoms with E-state index in [0.29, 0.717) is 10.9 Å². The quantitative estimate of drug-likeness (QED) is 0.536. The van der Waals surface area contributed by atoms with E-state index >= 15 is 0 Å². The van der Waals surface area contributed by atoms with Crippen LogP contribution in [0.25, 0.3) is 10.8 Å². The fourth-order valence-corrected chi connectivity index (χ4v) is 2.63. The first-order valence-electron chi connectivity index (χ1n) is 7.29. The standard InChI is InChI=1S/C19H15FNO2/c20-12-17(22)19-16-9-5-4-6-14(16)10-11-21(19)13-18(23)15-7-2-1-3-8-15/h1-11H,12-13H2/q+1. The summed E-state index contributed by atoms with van der Waals surface area (Å²) in [5.74, 6) is -0.749. The molecule has 0 aliphatic heterocycles. The number of halogens is 1. The lowest BCUT2D eigenvalue weighted by atomic mass is 10.1. The maximum Gasteiger partial charge on any atom is 0.259 e. The van der Waals surface area contributed by atoms with Gasteiger partial charge in [-0.05, 0) is 11.5 Å². The summed E-state index contributed by atoms with van der Waals surface area (Å²) in [6, 6.07) is 17.9. The number of fused-ring (bicyclic) bond motifs is 1. The van der Waals surface area contributed by atoms with Crippen molar-refractivity contribution in [3.05, 3.63) is 78.1 Å². The van der Waals surface area contributed by atoms with Crippen molar-refractivity contribution in [2.24, 2.45) is 0 Å². The van der Waals surface area contributed by atoms with Gasteiger partial charge in [0.15, 0.2) is 12.9 Å². The molecule has 0 atom stereocenters. The minimum atomic E-state index is -1.09. The van der Waals surface area contributed by atoms with Crippen molar-refractivity contribution in [1.29, 1.82) is 0 Å². The minimum absolute atomic E-state index is 0.00405. The van der Waals surface area contributed by atoms with Crippen LogP contribution in [0.5, 0.6) is 0 Å². The zero-order valence-electron chi connectivity index (χ0n) is 12.4. The SMILES string of the molecule is O=C(C[n+]1ccc2ccccc2c1C(=O)CF)c1ccccc1. The number of alkyl halides is 1. The third kappa shape index (κ3) is 3.01. The largest absolute Gasteiger partial charge is 0.287 e. The molecule has 4 heteroatoms. The van der Waals surface area contributed by atoms with Gasteiger partial charge in [-0.2, -0.15) is 4.57 Å². The van der Waals surface area contributed by atoms with E-state index in [-0.39, 0.29) is 18.0 Å². The lowest BCUT2D eigenvalue weighted by Crippen LogP contribution is -2.44. The summed E-state index contributed by atoms with van der Waals surface area (Å²) in [7, 11) is 0. The number of ketones is 2. The van der Waals surface area contributed by atoms with E-state index < -0.39 is 12.5 Å². The average Bonchev–Trinajstić information content (AvgIpc) is 2.61. The van der Waals surface area contributed by atoms with E-state index in [1.54, 1.807) is 42.6 Å². The third-order valence-corrected chi connectivity index (χ3v) is 3.73. The van der Waals surface area contributed by atoms with Gasteiger partial charge in [0.2, 0.25) is 12.3 Å². The number of benzene rings is 2. The second-order valence-corrected chi connectivity index (χ2v) is 5.23. The summed E-state index contributed by atoms with van der Waals surface area (Å²) in [6.07, 6.45) is 1.66. The molecule has 0 saturated heterocycles. The van der Waals surface area contributed by atoms with Gasteiger partial charge in [0, 0.05) is 11.6 Å². The monoisotopic (exact) mass is 308 g/mol. The number of carbonyl (C=O) groups excluding carboxylic acids is 2. The van der Waals surface area contributed by atoms with E-state index in [0.717, 1.165) is 5.39 Å². The first-order valence-corrected chi connectivity index (χ1v) is 7.29. The highest BCUT2D eigenvalue weighted by Crippen LogP contribution is 2.16. The summed E-state index contributed by atoms with van der Waals surface area (Å²) in [4.78, 5) is 24.4. The molecule has 3 aromatic rings. The predicted octanol–water partition coefficient (Wildman–Crippen LogP) is 3.16. The summed E-state index contributed by atoms with van der Waals surface area (Å²) >= 11 is 0. The van der Waals surface area contributed by atoms with Crippen LogP contribution < -0.4 is 4.57 Å². The Bertz CT molecular complexity index is 875. The van der Waals surface area contributed by atoms with Crippen LogP contribution in [0.4, 0.5) is 4.39 Å². The Kier molecular flexibility index (Phi) is 4.24. The summed E-state index contributed by atoms with van der Waals surface area (Å²) in [5, 5.41) is 1.49. The molecule has 0 aliphatic carbocycles. The van der Waals surface area contributed by atoms with Crippen molar-refractivity contribution in [2.45, 2.75) is 6.54 Å². The van der Waals surface area contributed by atoms with Crippen LogP contribution >= 0.6 is 0 Å². The Hall–Kier alpha value is -2.88. The molecule has 1 aromatic heterocycles. The first-order chi connectivity index (χ1) is 11.2. The van der Waals surface area contributed by atoms with Gasteiger partial charge in [-0.1, -0.05) is 48.5 Å². The lowest BCUT2D eigenvalue weighted by molar-refractivity contribution is -0.683. The zero-order valence-corrected chi connectivity index (χ0v) is 12.4. The van der Waals surface area contributed by atoms with Gasteiger partial charge in [-0.3, -0.25) is 9.59 Å². The van der Waals surface area contributed by atoms with Crippen molar-refractivity contribution in [2.75, 3.05) is 6.67 Å². The van der Waals surface area contributed by atoms with Crippen LogP contribution in [0, 0.1) is 0 Å². The molecular weight excluding hydrogens is 293 g/mol. The van der Waals surface area contributed by atoms with Crippen molar-refractivity contribution in [1.82, 2.24) is 0 Å². The molecule has 2 aromatic carbocycles. The number of rotatable bonds is 5. The topological polar surface area (TPSA) is 38.0 Å². The number of nitrogens with zero attached hydrogens (tertiary/aromatic N) is 1. The predicted molar refractivity (Wildman–Crippen MR) is 85.2 cm³/mol. The molecule has 0 radical (unpaired) electrons. The van der Waals surface area contributed by atoms with E-state index in [2.05, 4.69) is 0 Å². The summed E-state index contributed by atoms with van der Waals surface area (Å²) in [6.45, 7) is -1.09. The Labute approximate surface area is 133 Å². The van der Waals surface area contributed by atoms with Crippen molar-refractivity contribution >= 4 is 22.3 Å². The number of pyridine rings is 1. The van der Waals surface area contributed by atoms with Gasteiger partial charge < -0.3 is 0 Å². The van der Waals surface area contributed by atoms with Gasteiger partial charge in [-0.25, -0.2) is 4.39 Å². The normalized spacial score (nSPS) is 10.7. The molecule has 0 bridgehead atoms. The number of hydrogen-bond acceptors (Lipinski definition) is 2. The molecule has 0 spiro atoms. The summed E-state index contributed by atoms with van der Waals surface area (Å²) in [5.41, 5.74) is 0.793. The Morgan fingerprint density at radius 3 is 2.30 bits per heavy atom. The molecule has 0 unspecified atom stereocenters. The maximum absolute atomic E-state index is 13.0. The molecule has 0 amide bonds. The molecular formula is C19H15FNO2+. The van der Waals surface area contributed by atoms with Gasteiger partial charge >= 0.3 is 0 Å². The van der Waals surface area contributed by atoms with E-state index in [9.17, 15) is 14.0 Å². The second kappa shape index (κ2) is 6.48. The first kappa shape index (κ1) is 15.0. The molecule has 3 rings (SSSR count). The van der Waals surface area contributed by atoms with Gasteiger partial charge in [0.1, 0.15) is 0 Å². The Morgan fingerprint density at radius 2 is 1.57 bits per heavy atom. The van der Waals surface area contributed by atoms with E-state index in [1.807, 2.05) is 24.3 Å². The molecule has 0 fully saturated rings. The smallest absolute Gasteiger partial charge is 0.259 e. The van der Waals surface area contributed by atoms with Crippen LogP contribution in [-0.4, -0.2) is 18.2 Å². The molecule has 0 saturated carbocycles. The van der Waals surface area contributed by atoms with Crippen molar-refractivity contribution in [3.8, 4) is 0 Å². The maximum atomic E-state index is 13.0. The van der Waals surface area contributed by atoms with Crippen molar-refractivity contribution < 1.29 is 18.5 Å².